The Hall–Kier alpha value is -4.60. The Morgan fingerprint density at radius 3 is 2.09 bits per heavy atom. The van der Waals surface area contributed by atoms with Crippen molar-refractivity contribution in [1.29, 1.82) is 0 Å². The summed E-state index contributed by atoms with van der Waals surface area (Å²) in [7, 11) is 0. The van der Waals surface area contributed by atoms with Gasteiger partial charge >= 0.3 is 11.9 Å². The fourth-order valence-electron chi connectivity index (χ4n) is 6.16. The quantitative estimate of drug-likeness (QED) is 0.140. The first-order chi connectivity index (χ1) is 22.0. The van der Waals surface area contributed by atoms with Gasteiger partial charge in [-0.1, -0.05) is 109 Å². The van der Waals surface area contributed by atoms with Crippen LogP contribution in [0.1, 0.15) is 38.1 Å². The second-order valence-corrected chi connectivity index (χ2v) is 11.4. The molecule has 0 aliphatic carbocycles. The molecule has 5 aromatic rings. The molecule has 1 saturated heterocycles. The van der Waals surface area contributed by atoms with Crippen LogP contribution in [0.15, 0.2) is 115 Å². The maximum absolute atomic E-state index is 14.5. The molecule has 4 aromatic carbocycles. The van der Waals surface area contributed by atoms with Crippen LogP contribution in [0.25, 0.3) is 10.9 Å². The summed E-state index contributed by atoms with van der Waals surface area (Å²) < 4.78 is 26.6. The number of esters is 1. The Kier molecular flexibility index (Phi) is 7.81. The Bertz CT molecular complexity index is 1880. The topological polar surface area (TPSA) is 93.1 Å². The van der Waals surface area contributed by atoms with E-state index < -0.39 is 41.6 Å². The van der Waals surface area contributed by atoms with E-state index in [1.54, 1.807) is 54.6 Å². The van der Waals surface area contributed by atoms with Gasteiger partial charge in [-0.3, -0.25) is 14.2 Å². The maximum atomic E-state index is 14.5. The number of para-hydroxylation sites is 1. The Morgan fingerprint density at radius 2 is 1.40 bits per heavy atom. The first-order valence-corrected chi connectivity index (χ1v) is 15.0. The van der Waals surface area contributed by atoms with E-state index in [0.29, 0.717) is 10.9 Å². The van der Waals surface area contributed by atoms with Crippen molar-refractivity contribution in [2.45, 2.75) is 37.1 Å². The van der Waals surface area contributed by atoms with E-state index in [1.807, 2.05) is 60.7 Å². The van der Waals surface area contributed by atoms with Gasteiger partial charge in [0.15, 0.2) is 6.10 Å². The second-order valence-electron chi connectivity index (χ2n) is 11.0. The first-order valence-electron chi connectivity index (χ1n) is 14.6. The van der Waals surface area contributed by atoms with Gasteiger partial charge in [0.2, 0.25) is 5.60 Å². The molecule has 9 heteroatoms. The van der Waals surface area contributed by atoms with Gasteiger partial charge < -0.3 is 18.9 Å². The van der Waals surface area contributed by atoms with Crippen molar-refractivity contribution < 1.29 is 33.3 Å². The van der Waals surface area contributed by atoms with Crippen molar-refractivity contribution >= 4 is 40.2 Å². The number of hydrogen-bond acceptors (Lipinski definition) is 7. The van der Waals surface area contributed by atoms with Crippen molar-refractivity contribution in [1.82, 2.24) is 4.57 Å². The van der Waals surface area contributed by atoms with Crippen molar-refractivity contribution in [2.75, 3.05) is 6.61 Å². The molecule has 0 bridgehead atoms. The lowest BCUT2D eigenvalue weighted by atomic mass is 9.81. The molecule has 0 unspecified atom stereocenters. The molecule has 0 saturated carbocycles. The molecule has 0 amide bonds. The lowest BCUT2D eigenvalue weighted by Crippen LogP contribution is -2.62. The fourth-order valence-corrected chi connectivity index (χ4v) is 6.50. The summed E-state index contributed by atoms with van der Waals surface area (Å²) in [5.41, 5.74) is 0.447. The molecule has 8 nitrogen and oxygen atoms in total. The number of fused-ring (bicyclic) bond motifs is 5. The maximum Gasteiger partial charge on any atom is 0.339 e. The van der Waals surface area contributed by atoms with Crippen LogP contribution in [0, 0.1) is 0 Å². The van der Waals surface area contributed by atoms with Gasteiger partial charge in [0.1, 0.15) is 12.2 Å². The fraction of sp³-hybridized carbons (Fsp3) is 0.194. The van der Waals surface area contributed by atoms with E-state index in [2.05, 4.69) is 0 Å². The van der Waals surface area contributed by atoms with Crippen LogP contribution in [0.3, 0.4) is 0 Å². The standard InChI is InChI=1S/C36H28ClNO7/c37-29-26-18-10-11-19-27(26)38-30(29)33-36(31(39)34(38)40,45-35(41)25-16-8-3-9-17-25)32(43-21-24-14-6-2-7-15-24)28(44-33)22-42-20-23-12-4-1-5-13-23/h1-19,28,32-33H,20-22H2/t28-,32-,33+,36-/m1/s1. The third kappa shape index (κ3) is 5.06. The molecular formula is C36H28ClNO7. The average Bonchev–Trinajstić information content (AvgIpc) is 3.55. The lowest BCUT2D eigenvalue weighted by molar-refractivity contribution is -0.158. The van der Waals surface area contributed by atoms with Gasteiger partial charge in [-0.2, -0.15) is 0 Å². The number of benzene rings is 4. The number of nitrogens with zero attached hydrogens (tertiary/aromatic N) is 1. The van der Waals surface area contributed by atoms with E-state index >= 15 is 0 Å². The molecule has 1 fully saturated rings. The number of carbonyl (C=O) groups excluding carboxylic acids is 3. The van der Waals surface area contributed by atoms with Crippen LogP contribution < -0.4 is 0 Å². The normalized spacial score (nSPS) is 22.3. The number of halogens is 1. The number of rotatable bonds is 9. The summed E-state index contributed by atoms with van der Waals surface area (Å²) in [5, 5.41) is 0.791. The molecule has 7 rings (SSSR count). The number of ether oxygens (including phenoxy) is 4. The predicted molar refractivity (Wildman–Crippen MR) is 166 cm³/mol. The van der Waals surface area contributed by atoms with E-state index in [-0.39, 0.29) is 36.1 Å². The van der Waals surface area contributed by atoms with Crippen LogP contribution in [0.2, 0.25) is 5.02 Å². The highest BCUT2D eigenvalue weighted by atomic mass is 35.5. The third-order valence-electron chi connectivity index (χ3n) is 8.25. The molecular weight excluding hydrogens is 594 g/mol. The van der Waals surface area contributed by atoms with Crippen molar-refractivity contribution in [3.63, 3.8) is 0 Å². The molecule has 3 heterocycles. The highest BCUT2D eigenvalue weighted by Crippen LogP contribution is 2.53. The van der Waals surface area contributed by atoms with Gasteiger partial charge in [0, 0.05) is 5.39 Å². The highest BCUT2D eigenvalue weighted by molar-refractivity contribution is 6.45. The molecule has 2 aliphatic heterocycles. The number of hydrogen-bond donors (Lipinski definition) is 0. The predicted octanol–water partition coefficient (Wildman–Crippen LogP) is 6.36. The zero-order valence-electron chi connectivity index (χ0n) is 24.0. The van der Waals surface area contributed by atoms with E-state index in [9.17, 15) is 14.4 Å². The molecule has 0 spiro atoms. The summed E-state index contributed by atoms with van der Waals surface area (Å²) >= 11 is 6.95. The van der Waals surface area contributed by atoms with Crippen LogP contribution in [0.5, 0.6) is 0 Å². The summed E-state index contributed by atoms with van der Waals surface area (Å²) in [6.45, 7) is 0.301. The van der Waals surface area contributed by atoms with E-state index in [1.165, 1.54) is 4.57 Å². The SMILES string of the molecule is O=C(O[C@@]12C(=O)C(=O)n3c(c(Cl)c4ccccc43)[C@@H]1O[C@H](COCc1ccccc1)[C@H]2OCc1ccccc1)c1ccccc1. The van der Waals surface area contributed by atoms with Crippen LogP contribution in [-0.4, -0.2) is 46.6 Å². The Morgan fingerprint density at radius 1 is 0.800 bits per heavy atom. The first kappa shape index (κ1) is 29.1. The number of ketones is 1. The van der Waals surface area contributed by atoms with Gasteiger partial charge in [-0.05, 0) is 29.3 Å². The van der Waals surface area contributed by atoms with Crippen molar-refractivity contribution in [3.05, 3.63) is 143 Å². The van der Waals surface area contributed by atoms with Gasteiger partial charge in [0.05, 0.1) is 41.6 Å². The minimum atomic E-state index is -2.19. The molecule has 226 valence electrons. The minimum Gasteiger partial charge on any atom is -0.441 e. The highest BCUT2D eigenvalue weighted by Gasteiger charge is 2.70. The van der Waals surface area contributed by atoms with Crippen LogP contribution in [-0.2, 0) is 37.0 Å². The number of carbonyl (C=O) groups is 3. The molecule has 0 N–H and O–H groups in total. The zero-order valence-corrected chi connectivity index (χ0v) is 24.8. The van der Waals surface area contributed by atoms with Crippen LogP contribution >= 0.6 is 11.6 Å². The largest absolute Gasteiger partial charge is 0.441 e. The summed E-state index contributed by atoms with van der Waals surface area (Å²) in [4.78, 5) is 42.3. The van der Waals surface area contributed by atoms with Crippen molar-refractivity contribution in [3.8, 4) is 0 Å². The zero-order chi connectivity index (χ0) is 31.0. The molecule has 45 heavy (non-hydrogen) atoms. The molecule has 0 radical (unpaired) electrons. The van der Waals surface area contributed by atoms with Gasteiger partial charge in [-0.15, -0.1) is 0 Å². The Balaban J connectivity index is 1.35. The monoisotopic (exact) mass is 621 g/mol. The molecule has 1 aromatic heterocycles. The van der Waals surface area contributed by atoms with E-state index in [0.717, 1.165) is 11.1 Å². The average molecular weight is 622 g/mol. The molecule has 2 aliphatic rings. The Labute approximate surface area is 264 Å². The minimum absolute atomic E-state index is 0.0190. The van der Waals surface area contributed by atoms with Crippen LogP contribution in [0.4, 0.5) is 0 Å². The summed E-state index contributed by atoms with van der Waals surface area (Å²) in [5.74, 6) is -2.66. The second kappa shape index (κ2) is 12.1. The lowest BCUT2D eigenvalue weighted by Gasteiger charge is -2.39. The summed E-state index contributed by atoms with van der Waals surface area (Å²) in [6, 6.07) is 34.2. The third-order valence-corrected chi connectivity index (χ3v) is 8.64. The summed E-state index contributed by atoms with van der Waals surface area (Å²) in [6.07, 6.45) is -3.39. The molecule has 4 atom stereocenters. The number of aromatic nitrogens is 1. The van der Waals surface area contributed by atoms with Gasteiger partial charge in [0.25, 0.3) is 5.78 Å². The van der Waals surface area contributed by atoms with E-state index in [4.69, 9.17) is 30.5 Å². The van der Waals surface area contributed by atoms with Crippen molar-refractivity contribution in [2.24, 2.45) is 0 Å². The van der Waals surface area contributed by atoms with Gasteiger partial charge in [-0.25, -0.2) is 4.79 Å². The number of Topliss-reactive ketones (excluding diaryl/α,β-unsaturated/α-hetero) is 1. The smallest absolute Gasteiger partial charge is 0.339 e.